The molecule has 0 spiro atoms. The molecule has 2 fully saturated rings. The van der Waals surface area contributed by atoms with E-state index >= 15 is 0 Å². The molecule has 1 amide bonds. The van der Waals surface area contributed by atoms with Crippen LogP contribution in [0.15, 0.2) is 0 Å². The lowest BCUT2D eigenvalue weighted by Crippen LogP contribution is -2.53. The third kappa shape index (κ3) is 3.95. The highest BCUT2D eigenvalue weighted by Gasteiger charge is 2.40. The number of amides is 1. The van der Waals surface area contributed by atoms with Crippen LogP contribution in [0.5, 0.6) is 0 Å². The standard InChI is InChI=1S/C15H26N2O3/c18-13(6-5-7-14(19)20)16-12-15(8-1-2-9-15)17-10-3-4-11-17/h1-12H2,(H,16,18)(H,19,20). The maximum atomic E-state index is 11.8. The first-order chi connectivity index (χ1) is 9.62. The van der Waals surface area contributed by atoms with E-state index in [4.69, 9.17) is 5.11 Å². The molecule has 2 rings (SSSR count). The summed E-state index contributed by atoms with van der Waals surface area (Å²) < 4.78 is 0. The van der Waals surface area contributed by atoms with Gasteiger partial charge in [-0.15, -0.1) is 0 Å². The highest BCUT2D eigenvalue weighted by Crippen LogP contribution is 2.36. The Kier molecular flexibility index (Phi) is 5.40. The van der Waals surface area contributed by atoms with Crippen LogP contribution in [0.4, 0.5) is 0 Å². The first kappa shape index (κ1) is 15.3. The average Bonchev–Trinajstić information content (AvgIpc) is 3.08. The highest BCUT2D eigenvalue weighted by atomic mass is 16.4. The van der Waals surface area contributed by atoms with Crippen LogP contribution in [0.3, 0.4) is 0 Å². The Bertz CT molecular complexity index is 345. The third-order valence-electron chi connectivity index (χ3n) is 4.72. The zero-order valence-electron chi connectivity index (χ0n) is 12.2. The smallest absolute Gasteiger partial charge is 0.303 e. The summed E-state index contributed by atoms with van der Waals surface area (Å²) >= 11 is 0. The molecule has 0 unspecified atom stereocenters. The minimum Gasteiger partial charge on any atom is -0.481 e. The van der Waals surface area contributed by atoms with Crippen molar-refractivity contribution in [2.75, 3.05) is 19.6 Å². The molecule has 5 heteroatoms. The van der Waals surface area contributed by atoms with Gasteiger partial charge < -0.3 is 10.4 Å². The summed E-state index contributed by atoms with van der Waals surface area (Å²) in [6, 6.07) is 0. The third-order valence-corrected chi connectivity index (χ3v) is 4.72. The summed E-state index contributed by atoms with van der Waals surface area (Å²) in [5.41, 5.74) is 0.180. The summed E-state index contributed by atoms with van der Waals surface area (Å²) in [7, 11) is 0. The van der Waals surface area contributed by atoms with Crippen LogP contribution in [-0.2, 0) is 9.59 Å². The van der Waals surface area contributed by atoms with Gasteiger partial charge in [-0.1, -0.05) is 12.8 Å². The molecule has 1 saturated heterocycles. The lowest BCUT2D eigenvalue weighted by Gasteiger charge is -2.39. The molecule has 0 aromatic rings. The van der Waals surface area contributed by atoms with Crippen molar-refractivity contribution in [3.05, 3.63) is 0 Å². The summed E-state index contributed by atoms with van der Waals surface area (Å²) in [5.74, 6) is -0.834. The quantitative estimate of drug-likeness (QED) is 0.746. The highest BCUT2D eigenvalue weighted by molar-refractivity contribution is 5.76. The Hall–Kier alpha value is -1.10. The molecule has 114 valence electrons. The molecular formula is C15H26N2O3. The molecule has 0 aromatic carbocycles. The van der Waals surface area contributed by atoms with Gasteiger partial charge in [0.1, 0.15) is 0 Å². The van der Waals surface area contributed by atoms with Crippen molar-refractivity contribution in [2.45, 2.75) is 63.3 Å². The van der Waals surface area contributed by atoms with Crippen molar-refractivity contribution in [3.63, 3.8) is 0 Å². The number of hydrogen-bond acceptors (Lipinski definition) is 3. The molecule has 0 atom stereocenters. The van der Waals surface area contributed by atoms with E-state index in [0.29, 0.717) is 12.8 Å². The number of carbonyl (C=O) groups excluding carboxylic acids is 1. The number of likely N-dealkylation sites (tertiary alicyclic amines) is 1. The lowest BCUT2D eigenvalue weighted by atomic mass is 9.95. The number of carbonyl (C=O) groups is 2. The van der Waals surface area contributed by atoms with Crippen LogP contribution in [0.1, 0.15) is 57.8 Å². The number of aliphatic carboxylic acids is 1. The maximum absolute atomic E-state index is 11.8. The Labute approximate surface area is 120 Å². The van der Waals surface area contributed by atoms with Gasteiger partial charge in [0.25, 0.3) is 0 Å². The zero-order chi connectivity index (χ0) is 14.4. The van der Waals surface area contributed by atoms with Crippen LogP contribution in [-0.4, -0.2) is 47.1 Å². The second kappa shape index (κ2) is 7.07. The van der Waals surface area contributed by atoms with Crippen molar-refractivity contribution < 1.29 is 14.7 Å². The van der Waals surface area contributed by atoms with E-state index in [1.807, 2.05) is 0 Å². The molecule has 1 aliphatic carbocycles. The summed E-state index contributed by atoms with van der Waals surface area (Å²) in [6.07, 6.45) is 8.25. The Morgan fingerprint density at radius 2 is 1.70 bits per heavy atom. The molecule has 1 aliphatic heterocycles. The first-order valence-corrected chi connectivity index (χ1v) is 7.86. The fraction of sp³-hybridized carbons (Fsp3) is 0.867. The van der Waals surface area contributed by atoms with Gasteiger partial charge in [0.2, 0.25) is 5.91 Å². The molecule has 1 saturated carbocycles. The Balaban J connectivity index is 1.77. The van der Waals surface area contributed by atoms with E-state index in [-0.39, 0.29) is 17.9 Å². The van der Waals surface area contributed by atoms with Crippen LogP contribution in [0, 0.1) is 0 Å². The van der Waals surface area contributed by atoms with E-state index < -0.39 is 5.97 Å². The van der Waals surface area contributed by atoms with Gasteiger partial charge >= 0.3 is 5.97 Å². The lowest BCUT2D eigenvalue weighted by molar-refractivity contribution is -0.137. The minimum atomic E-state index is -0.831. The predicted octanol–water partition coefficient (Wildman–Crippen LogP) is 1.77. The van der Waals surface area contributed by atoms with Crippen LogP contribution >= 0.6 is 0 Å². The molecule has 1 heterocycles. The van der Waals surface area contributed by atoms with Crippen molar-refractivity contribution in [2.24, 2.45) is 0 Å². The Morgan fingerprint density at radius 1 is 1.05 bits per heavy atom. The number of nitrogens with one attached hydrogen (secondary N) is 1. The molecule has 0 aromatic heterocycles. The fourth-order valence-corrected chi connectivity index (χ4v) is 3.58. The fourth-order valence-electron chi connectivity index (χ4n) is 3.58. The first-order valence-electron chi connectivity index (χ1n) is 7.86. The monoisotopic (exact) mass is 282 g/mol. The molecule has 20 heavy (non-hydrogen) atoms. The topological polar surface area (TPSA) is 69.6 Å². The minimum absolute atomic E-state index is 0.00304. The zero-order valence-corrected chi connectivity index (χ0v) is 12.2. The molecule has 0 bridgehead atoms. The number of rotatable bonds is 7. The number of carboxylic acids is 1. The SMILES string of the molecule is O=C(O)CCCC(=O)NCC1(N2CCCC2)CCCC1. The predicted molar refractivity (Wildman–Crippen MR) is 76.5 cm³/mol. The second-order valence-corrected chi connectivity index (χ2v) is 6.15. The van der Waals surface area contributed by atoms with Gasteiger partial charge in [0.15, 0.2) is 0 Å². The van der Waals surface area contributed by atoms with E-state index in [1.54, 1.807) is 0 Å². The second-order valence-electron chi connectivity index (χ2n) is 6.15. The van der Waals surface area contributed by atoms with Crippen molar-refractivity contribution in [1.29, 1.82) is 0 Å². The number of hydrogen-bond donors (Lipinski definition) is 2. The van der Waals surface area contributed by atoms with E-state index in [0.717, 1.165) is 19.6 Å². The molecule has 0 radical (unpaired) electrons. The largest absolute Gasteiger partial charge is 0.481 e. The average molecular weight is 282 g/mol. The van der Waals surface area contributed by atoms with Crippen molar-refractivity contribution >= 4 is 11.9 Å². The van der Waals surface area contributed by atoms with Gasteiger partial charge in [-0.05, 0) is 45.2 Å². The molecule has 2 aliphatic rings. The normalized spacial score (nSPS) is 22.0. The van der Waals surface area contributed by atoms with E-state index in [9.17, 15) is 9.59 Å². The van der Waals surface area contributed by atoms with Crippen LogP contribution in [0.2, 0.25) is 0 Å². The van der Waals surface area contributed by atoms with Gasteiger partial charge in [-0.3, -0.25) is 14.5 Å². The van der Waals surface area contributed by atoms with Crippen LogP contribution < -0.4 is 5.32 Å². The van der Waals surface area contributed by atoms with Gasteiger partial charge in [0, 0.05) is 24.9 Å². The van der Waals surface area contributed by atoms with Gasteiger partial charge in [-0.25, -0.2) is 0 Å². The van der Waals surface area contributed by atoms with Gasteiger partial charge in [-0.2, -0.15) is 0 Å². The van der Waals surface area contributed by atoms with E-state index in [1.165, 1.54) is 38.5 Å². The summed E-state index contributed by atoms with van der Waals surface area (Å²) in [5, 5.41) is 11.6. The molecular weight excluding hydrogens is 256 g/mol. The number of nitrogens with zero attached hydrogens (tertiary/aromatic N) is 1. The van der Waals surface area contributed by atoms with Crippen molar-refractivity contribution in [3.8, 4) is 0 Å². The maximum Gasteiger partial charge on any atom is 0.303 e. The number of carboxylic acid groups (broad SMARTS) is 1. The Morgan fingerprint density at radius 3 is 2.30 bits per heavy atom. The summed E-state index contributed by atoms with van der Waals surface area (Å²) in [4.78, 5) is 24.8. The summed E-state index contributed by atoms with van der Waals surface area (Å²) in [6.45, 7) is 3.06. The van der Waals surface area contributed by atoms with Crippen molar-refractivity contribution in [1.82, 2.24) is 10.2 Å². The van der Waals surface area contributed by atoms with E-state index in [2.05, 4.69) is 10.2 Å². The molecule has 2 N–H and O–H groups in total. The van der Waals surface area contributed by atoms with Gasteiger partial charge in [0.05, 0.1) is 0 Å². The molecule has 5 nitrogen and oxygen atoms in total. The van der Waals surface area contributed by atoms with Crippen LogP contribution in [0.25, 0.3) is 0 Å².